The lowest BCUT2D eigenvalue weighted by Crippen LogP contribution is -2.32. The van der Waals surface area contributed by atoms with Crippen LogP contribution in [-0.2, 0) is 16.6 Å². The summed E-state index contributed by atoms with van der Waals surface area (Å²) >= 11 is 1.49. The summed E-state index contributed by atoms with van der Waals surface area (Å²) in [7, 11) is -0.996. The normalized spacial score (nSPS) is 11.5. The highest BCUT2D eigenvalue weighted by molar-refractivity contribution is 7.89. The minimum atomic E-state index is -3.86. The fourth-order valence-electron chi connectivity index (χ4n) is 2.86. The third kappa shape index (κ3) is 4.69. The summed E-state index contributed by atoms with van der Waals surface area (Å²) in [5.74, 6) is 0.641. The number of hydrogen-bond donors (Lipinski definition) is 1. The molecule has 0 aliphatic rings. The van der Waals surface area contributed by atoms with E-state index in [9.17, 15) is 13.2 Å². The van der Waals surface area contributed by atoms with Gasteiger partial charge in [0.25, 0.3) is 5.56 Å². The number of thiazole rings is 1. The van der Waals surface area contributed by atoms with Crippen molar-refractivity contribution >= 4 is 21.4 Å². The highest BCUT2D eigenvalue weighted by atomic mass is 32.2. The summed E-state index contributed by atoms with van der Waals surface area (Å²) in [4.78, 5) is 17.4. The smallest absolute Gasteiger partial charge is 0.266 e. The molecule has 30 heavy (non-hydrogen) atoms. The Hall–Kier alpha value is -2.76. The first kappa shape index (κ1) is 21.9. The lowest BCUT2D eigenvalue weighted by molar-refractivity contribution is 0.386. The van der Waals surface area contributed by atoms with E-state index in [1.807, 2.05) is 13.8 Å². The monoisotopic (exact) mass is 450 g/mol. The first-order valence-corrected chi connectivity index (χ1v) is 11.3. The molecule has 0 saturated carbocycles. The second-order valence-electron chi connectivity index (χ2n) is 6.34. The molecule has 0 atom stereocenters. The van der Waals surface area contributed by atoms with E-state index in [1.165, 1.54) is 54.5 Å². The van der Waals surface area contributed by atoms with Gasteiger partial charge in [0.1, 0.15) is 22.1 Å². The van der Waals surface area contributed by atoms with Crippen LogP contribution in [-0.4, -0.2) is 43.9 Å². The molecular formula is C19H22N4O5S2. The Labute approximate surface area is 178 Å². The Balaban J connectivity index is 1.77. The zero-order valence-electron chi connectivity index (χ0n) is 17.0. The first-order chi connectivity index (χ1) is 14.2. The topological polar surface area (TPSA) is 112 Å². The van der Waals surface area contributed by atoms with Crippen molar-refractivity contribution < 1.29 is 17.9 Å². The number of ether oxygens (including phenoxy) is 2. The van der Waals surface area contributed by atoms with Gasteiger partial charge in [-0.15, -0.1) is 11.3 Å². The van der Waals surface area contributed by atoms with Crippen LogP contribution in [0, 0.1) is 13.8 Å². The molecular weight excluding hydrogens is 428 g/mol. The van der Waals surface area contributed by atoms with E-state index in [1.54, 1.807) is 6.07 Å². The average molecular weight is 451 g/mol. The molecule has 2 aromatic heterocycles. The molecule has 0 saturated heterocycles. The van der Waals surface area contributed by atoms with Gasteiger partial charge in [0.05, 0.1) is 36.3 Å². The maximum absolute atomic E-state index is 12.7. The highest BCUT2D eigenvalue weighted by Crippen LogP contribution is 2.28. The van der Waals surface area contributed by atoms with E-state index < -0.39 is 10.0 Å². The van der Waals surface area contributed by atoms with Gasteiger partial charge < -0.3 is 9.47 Å². The Morgan fingerprint density at radius 1 is 1.13 bits per heavy atom. The molecule has 0 unspecified atom stereocenters. The van der Waals surface area contributed by atoms with Crippen molar-refractivity contribution in [3.63, 3.8) is 0 Å². The number of benzene rings is 1. The van der Waals surface area contributed by atoms with Gasteiger partial charge in [-0.1, -0.05) is 0 Å². The molecule has 0 fully saturated rings. The fourth-order valence-corrected chi connectivity index (χ4v) is 4.91. The van der Waals surface area contributed by atoms with E-state index in [0.29, 0.717) is 11.4 Å². The van der Waals surface area contributed by atoms with Crippen LogP contribution in [0.15, 0.2) is 40.0 Å². The van der Waals surface area contributed by atoms with E-state index in [4.69, 9.17) is 9.47 Å². The third-order valence-corrected chi connectivity index (χ3v) is 6.87. The lowest BCUT2D eigenvalue weighted by Gasteiger charge is -2.12. The largest absolute Gasteiger partial charge is 0.497 e. The second kappa shape index (κ2) is 8.94. The summed E-state index contributed by atoms with van der Waals surface area (Å²) in [5.41, 5.74) is 1.14. The van der Waals surface area contributed by atoms with Crippen LogP contribution in [0.2, 0.25) is 0 Å². The van der Waals surface area contributed by atoms with Gasteiger partial charge in [-0.3, -0.25) is 4.79 Å². The van der Waals surface area contributed by atoms with E-state index in [0.717, 1.165) is 15.6 Å². The number of methoxy groups -OCH3 is 2. The van der Waals surface area contributed by atoms with Gasteiger partial charge in [-0.05, 0) is 32.0 Å². The molecule has 9 nitrogen and oxygen atoms in total. The Morgan fingerprint density at radius 2 is 1.90 bits per heavy atom. The van der Waals surface area contributed by atoms with Crippen molar-refractivity contribution in [2.24, 2.45) is 0 Å². The van der Waals surface area contributed by atoms with Gasteiger partial charge in [-0.25, -0.2) is 22.8 Å². The molecule has 0 aliphatic carbocycles. The third-order valence-electron chi connectivity index (χ3n) is 4.28. The number of nitrogens with one attached hydrogen (secondary N) is 1. The maximum Gasteiger partial charge on any atom is 0.266 e. The zero-order valence-corrected chi connectivity index (χ0v) is 18.6. The van der Waals surface area contributed by atoms with Crippen LogP contribution in [0.1, 0.15) is 10.7 Å². The molecule has 3 aromatic rings. The predicted molar refractivity (Wildman–Crippen MR) is 114 cm³/mol. The van der Waals surface area contributed by atoms with Crippen LogP contribution < -0.4 is 19.8 Å². The molecule has 1 N–H and O–H groups in total. The number of aromatic nitrogens is 3. The van der Waals surface area contributed by atoms with Gasteiger partial charge in [0.15, 0.2) is 0 Å². The van der Waals surface area contributed by atoms with E-state index in [-0.39, 0.29) is 29.3 Å². The van der Waals surface area contributed by atoms with Crippen molar-refractivity contribution in [3.8, 4) is 22.1 Å². The van der Waals surface area contributed by atoms with Crippen LogP contribution >= 0.6 is 11.3 Å². The number of aryl methyl sites for hydroxylation is 2. The fraction of sp³-hybridized carbons (Fsp3) is 0.316. The van der Waals surface area contributed by atoms with Crippen molar-refractivity contribution in [2.45, 2.75) is 25.3 Å². The quantitative estimate of drug-likeness (QED) is 0.558. The van der Waals surface area contributed by atoms with Crippen LogP contribution in [0.3, 0.4) is 0 Å². The zero-order chi connectivity index (χ0) is 21.9. The molecule has 0 amide bonds. The predicted octanol–water partition coefficient (Wildman–Crippen LogP) is 1.98. The summed E-state index contributed by atoms with van der Waals surface area (Å²) in [6.07, 6.45) is 0. The van der Waals surface area contributed by atoms with Gasteiger partial charge in [-0.2, -0.15) is 5.10 Å². The van der Waals surface area contributed by atoms with Crippen LogP contribution in [0.5, 0.6) is 11.5 Å². The molecule has 3 rings (SSSR count). The van der Waals surface area contributed by atoms with Crippen molar-refractivity contribution in [3.05, 3.63) is 51.4 Å². The summed E-state index contributed by atoms with van der Waals surface area (Å²) in [5, 5.41) is 5.27. The van der Waals surface area contributed by atoms with Crippen molar-refractivity contribution in [2.75, 3.05) is 20.8 Å². The van der Waals surface area contributed by atoms with Gasteiger partial charge in [0.2, 0.25) is 10.0 Å². The maximum atomic E-state index is 12.7. The molecule has 0 radical (unpaired) electrons. The highest BCUT2D eigenvalue weighted by Gasteiger charge is 2.20. The van der Waals surface area contributed by atoms with Gasteiger partial charge in [0, 0.05) is 18.7 Å². The van der Waals surface area contributed by atoms with Gasteiger partial charge >= 0.3 is 0 Å². The first-order valence-electron chi connectivity index (χ1n) is 8.99. The molecule has 0 spiro atoms. The SMILES string of the molecule is COc1ccc(S(=O)(=O)NCCn2nc(-c3sc(C)nc3C)ccc2=O)c(OC)c1. The lowest BCUT2D eigenvalue weighted by atomic mass is 10.3. The summed E-state index contributed by atoms with van der Waals surface area (Å²) in [6.45, 7) is 3.83. The molecule has 1 aromatic carbocycles. The second-order valence-corrected chi connectivity index (χ2v) is 9.28. The number of sulfonamides is 1. The number of rotatable bonds is 8. The summed E-state index contributed by atoms with van der Waals surface area (Å²) in [6, 6.07) is 7.48. The van der Waals surface area contributed by atoms with E-state index >= 15 is 0 Å². The van der Waals surface area contributed by atoms with Crippen LogP contribution in [0.4, 0.5) is 0 Å². The molecule has 160 valence electrons. The number of nitrogens with zero attached hydrogens (tertiary/aromatic N) is 3. The molecule has 0 bridgehead atoms. The summed E-state index contributed by atoms with van der Waals surface area (Å²) < 4.78 is 39.3. The Kier molecular flexibility index (Phi) is 6.54. The Bertz CT molecular complexity index is 1220. The van der Waals surface area contributed by atoms with Crippen LogP contribution in [0.25, 0.3) is 10.6 Å². The standard InChI is InChI=1S/C19H22N4O5S2/c1-12-19(29-13(2)21-12)15-6-8-18(24)23(22-15)10-9-20-30(25,26)17-7-5-14(27-3)11-16(17)28-4/h5-8,11,20H,9-10H2,1-4H3. The minimum absolute atomic E-state index is 0.0179. The minimum Gasteiger partial charge on any atom is -0.497 e. The average Bonchev–Trinajstić information content (AvgIpc) is 3.06. The molecule has 0 aliphatic heterocycles. The molecule has 11 heteroatoms. The van der Waals surface area contributed by atoms with E-state index in [2.05, 4.69) is 14.8 Å². The van der Waals surface area contributed by atoms with Crippen molar-refractivity contribution in [1.82, 2.24) is 19.5 Å². The molecule has 2 heterocycles. The Morgan fingerprint density at radius 3 is 2.53 bits per heavy atom. The van der Waals surface area contributed by atoms with Crippen molar-refractivity contribution in [1.29, 1.82) is 0 Å². The number of hydrogen-bond acceptors (Lipinski definition) is 8.